The van der Waals surface area contributed by atoms with Gasteiger partial charge in [-0.25, -0.2) is 0 Å². The molecule has 0 bridgehead atoms. The van der Waals surface area contributed by atoms with E-state index < -0.39 is 12.1 Å². The number of aromatic amines is 1. The molecule has 70 heavy (non-hydrogen) atoms. The van der Waals surface area contributed by atoms with Crippen molar-refractivity contribution in [3.8, 4) is 5.75 Å². The van der Waals surface area contributed by atoms with Crippen LogP contribution in [0.2, 0.25) is 0 Å². The normalized spacial score (nSPS) is 11.5. The van der Waals surface area contributed by atoms with Gasteiger partial charge in [-0.2, -0.15) is 44.9 Å². The maximum atomic E-state index is 11.3. The lowest BCUT2D eigenvalue weighted by atomic mass is 10.1. The van der Waals surface area contributed by atoms with Crippen LogP contribution in [-0.4, -0.2) is 148 Å². The topological polar surface area (TPSA) is 347 Å². The van der Waals surface area contributed by atoms with Crippen molar-refractivity contribution >= 4 is 76.1 Å². The number of carboxylic acids is 1. The maximum Gasteiger partial charge on any atom is 0.305 e. The molecule has 0 fully saturated rings. The van der Waals surface area contributed by atoms with Gasteiger partial charge in [0.2, 0.25) is 53.5 Å². The maximum absolute atomic E-state index is 11.3. The first-order valence-corrected chi connectivity index (χ1v) is 22.6. The van der Waals surface area contributed by atoms with Crippen molar-refractivity contribution in [2.24, 2.45) is 0 Å². The Morgan fingerprint density at radius 2 is 1.16 bits per heavy atom. The van der Waals surface area contributed by atoms with E-state index in [2.05, 4.69) is 104 Å². The smallest absolute Gasteiger partial charge is 0.305 e. The lowest BCUT2D eigenvalue weighted by molar-refractivity contribution is -0.136. The molecule has 14 N–H and O–H groups in total. The molecule has 0 saturated heterocycles. The van der Waals surface area contributed by atoms with Gasteiger partial charge in [0.1, 0.15) is 5.75 Å². The first-order valence-electron chi connectivity index (χ1n) is 22.6. The van der Waals surface area contributed by atoms with Gasteiger partial charge in [-0.05, 0) is 59.9 Å². The number of hydrogen-bond acceptors (Lipinski definition) is 23. The largest absolute Gasteiger partial charge is 0.508 e. The Hall–Kier alpha value is -8.26. The van der Waals surface area contributed by atoms with Crippen LogP contribution in [0.25, 0.3) is 10.9 Å². The Labute approximate surface area is 402 Å². The summed E-state index contributed by atoms with van der Waals surface area (Å²) in [4.78, 5) is 55.5. The number of aromatic hydroxyl groups is 1. The minimum atomic E-state index is -0.994. The van der Waals surface area contributed by atoms with Crippen LogP contribution in [0.5, 0.6) is 5.75 Å². The fraction of sp³-hybridized carbons (Fsp3) is 0.333. The summed E-state index contributed by atoms with van der Waals surface area (Å²) in [6.07, 6.45) is 2.54. The van der Waals surface area contributed by atoms with E-state index in [4.69, 9.17) is 4.74 Å². The van der Waals surface area contributed by atoms with Gasteiger partial charge in [-0.1, -0.05) is 42.5 Å². The van der Waals surface area contributed by atoms with E-state index in [-0.39, 0.29) is 67.6 Å². The minimum absolute atomic E-state index is 0.0343. The van der Waals surface area contributed by atoms with Crippen LogP contribution in [0.4, 0.5) is 59.2 Å². The zero-order valence-corrected chi connectivity index (χ0v) is 38.4. The molecule has 0 radical (unpaired) electrons. The van der Waals surface area contributed by atoms with Crippen LogP contribution in [0.3, 0.4) is 0 Å². The first kappa shape index (κ1) is 49.6. The predicted octanol–water partition coefficient (Wildman–Crippen LogP) is 3.14. The number of rotatable bonds is 30. The third kappa shape index (κ3) is 15.9. The SMILES string of the molecule is COCC(O)CNCCNc1nc(NCCNc2nc(NCCc3ccc(O)cc3)nc(Nc3nc(NCCC(=O)O)nc(Nc4cccc(CO)c4)n3)n2)nc(NCCc2c[nH]c3ccccc23)n1. The summed E-state index contributed by atoms with van der Waals surface area (Å²) in [6, 6.07) is 22.1. The number of nitrogens with one attached hydrogen (secondary N) is 10. The van der Waals surface area contributed by atoms with Crippen molar-refractivity contribution in [1.29, 1.82) is 0 Å². The predicted molar refractivity (Wildman–Crippen MR) is 266 cm³/mol. The van der Waals surface area contributed by atoms with E-state index in [0.717, 1.165) is 22.9 Å². The number of aromatic nitrogens is 10. The lowest BCUT2D eigenvalue weighted by Crippen LogP contribution is -2.33. The van der Waals surface area contributed by atoms with E-state index in [9.17, 15) is 25.2 Å². The molecule has 0 saturated carbocycles. The molecule has 0 aliphatic rings. The van der Waals surface area contributed by atoms with Gasteiger partial charge in [0.15, 0.2) is 0 Å². The second kappa shape index (κ2) is 25.8. The number of carbonyl (C=O) groups is 1. The van der Waals surface area contributed by atoms with E-state index in [1.807, 2.05) is 36.5 Å². The molecular weight excluding hydrogens is 903 g/mol. The summed E-state index contributed by atoms with van der Waals surface area (Å²) < 4.78 is 5.00. The van der Waals surface area contributed by atoms with E-state index in [1.165, 1.54) is 5.56 Å². The summed E-state index contributed by atoms with van der Waals surface area (Å²) in [5.41, 5.74) is 4.49. The van der Waals surface area contributed by atoms with Gasteiger partial charge in [-0.15, -0.1) is 0 Å². The molecule has 368 valence electrons. The summed E-state index contributed by atoms with van der Waals surface area (Å²) >= 11 is 0. The summed E-state index contributed by atoms with van der Waals surface area (Å²) in [7, 11) is 1.54. The highest BCUT2D eigenvalue weighted by atomic mass is 16.5. The van der Waals surface area contributed by atoms with Crippen LogP contribution >= 0.6 is 0 Å². The second-order valence-electron chi connectivity index (χ2n) is 15.6. The van der Waals surface area contributed by atoms with Crippen LogP contribution < -0.4 is 47.9 Å². The zero-order chi connectivity index (χ0) is 48.9. The standard InChI is InChI=1S/C45H57N19O6/c1-70-27-33(67)25-46-19-20-50-40-55-37(48-17-14-30-24-53-35-8-3-2-7-34(30)35)56-41(58-40)51-21-22-52-42-57-38(47-16-13-28-9-11-32(66)12-10-28)60-44(62-42)64-45-61-39(49-18-15-36(68)69)59-43(63-45)54-31-6-4-5-29(23-31)26-65/h2-12,23-24,33,46,53,65-67H,13-22,25-27H2,1H3,(H,68,69)(H3,48,50,51,55,56,58)(H5,47,49,52,54,57,59,60,61,62,63,64). The van der Waals surface area contributed by atoms with Crippen LogP contribution in [-0.2, 0) is 29.0 Å². The molecule has 4 heterocycles. The molecule has 0 spiro atoms. The molecule has 0 amide bonds. The molecule has 25 heteroatoms. The second-order valence-corrected chi connectivity index (χ2v) is 15.6. The van der Waals surface area contributed by atoms with Crippen LogP contribution in [0.15, 0.2) is 79.0 Å². The third-order valence-corrected chi connectivity index (χ3v) is 10.1. The van der Waals surface area contributed by atoms with E-state index >= 15 is 0 Å². The van der Waals surface area contributed by atoms with Gasteiger partial charge in [-0.3, -0.25) is 10.1 Å². The number of H-pyrrole nitrogens is 1. The van der Waals surface area contributed by atoms with Gasteiger partial charge >= 0.3 is 5.97 Å². The number of anilines is 10. The fourth-order valence-corrected chi connectivity index (χ4v) is 6.79. The summed E-state index contributed by atoms with van der Waals surface area (Å²) in [5.74, 6) is 0.993. The van der Waals surface area contributed by atoms with Crippen LogP contribution in [0.1, 0.15) is 23.1 Å². The third-order valence-electron chi connectivity index (χ3n) is 10.1. The quantitative estimate of drug-likeness (QED) is 0.0288. The molecule has 3 aromatic carbocycles. The number of aliphatic carboxylic acids is 1. The number of nitrogens with zero attached hydrogens (tertiary/aromatic N) is 9. The number of phenolic OH excluding ortho intramolecular Hbond substituents is 1. The van der Waals surface area contributed by atoms with Crippen molar-refractivity contribution in [2.45, 2.75) is 32.0 Å². The number of fused-ring (bicyclic) bond motifs is 1. The average molecular weight is 960 g/mol. The molecule has 4 aromatic heterocycles. The van der Waals surface area contributed by atoms with Gasteiger partial charge in [0.25, 0.3) is 0 Å². The number of aliphatic hydroxyl groups is 2. The Morgan fingerprint density at radius 3 is 1.77 bits per heavy atom. The number of phenols is 1. The first-order chi connectivity index (χ1) is 34.2. The number of benzene rings is 3. The van der Waals surface area contributed by atoms with Crippen molar-refractivity contribution in [1.82, 2.24) is 55.2 Å². The highest BCUT2D eigenvalue weighted by molar-refractivity contribution is 5.83. The Morgan fingerprint density at radius 1 is 0.614 bits per heavy atom. The average Bonchev–Trinajstić information content (AvgIpc) is 3.76. The molecule has 25 nitrogen and oxygen atoms in total. The molecular formula is C45H57N19O6. The minimum Gasteiger partial charge on any atom is -0.508 e. The molecule has 7 aromatic rings. The van der Waals surface area contributed by atoms with E-state index in [0.29, 0.717) is 81.3 Å². The van der Waals surface area contributed by atoms with Gasteiger partial charge < -0.3 is 72.7 Å². The molecule has 1 atom stereocenters. The van der Waals surface area contributed by atoms with Gasteiger partial charge in [0.05, 0.1) is 25.7 Å². The number of hydrogen-bond donors (Lipinski definition) is 14. The number of aliphatic hydroxyl groups excluding tert-OH is 2. The zero-order valence-electron chi connectivity index (χ0n) is 38.4. The highest BCUT2D eigenvalue weighted by Gasteiger charge is 2.14. The molecule has 7 rings (SSSR count). The summed E-state index contributed by atoms with van der Waals surface area (Å²) in [5, 5.41) is 68.3. The number of ether oxygens (including phenoxy) is 1. The highest BCUT2D eigenvalue weighted by Crippen LogP contribution is 2.21. The number of para-hydroxylation sites is 1. The molecule has 0 aliphatic carbocycles. The molecule has 0 aliphatic heterocycles. The fourth-order valence-electron chi connectivity index (χ4n) is 6.79. The number of methoxy groups -OCH3 is 1. The Bertz CT molecular complexity index is 2750. The van der Waals surface area contributed by atoms with Crippen LogP contribution in [0, 0.1) is 0 Å². The monoisotopic (exact) mass is 959 g/mol. The Kier molecular flexibility index (Phi) is 18.3. The lowest BCUT2D eigenvalue weighted by Gasteiger charge is -2.14. The van der Waals surface area contributed by atoms with Crippen molar-refractivity contribution in [3.05, 3.63) is 95.7 Å². The van der Waals surface area contributed by atoms with Crippen molar-refractivity contribution in [3.63, 3.8) is 0 Å². The van der Waals surface area contributed by atoms with Gasteiger partial charge in [0, 0.05) is 82.3 Å². The number of carboxylic acid groups (broad SMARTS) is 1. The summed E-state index contributed by atoms with van der Waals surface area (Å²) in [6.45, 7) is 3.16. The van der Waals surface area contributed by atoms with E-state index in [1.54, 1.807) is 43.5 Å². The van der Waals surface area contributed by atoms with Crippen molar-refractivity contribution < 1.29 is 30.0 Å². The van der Waals surface area contributed by atoms with Crippen molar-refractivity contribution in [2.75, 3.05) is 109 Å². The Balaban J connectivity index is 1.05. The molecule has 1 unspecified atom stereocenters.